The molecule has 0 bridgehead atoms. The zero-order valence-corrected chi connectivity index (χ0v) is 20.2. The highest BCUT2D eigenvalue weighted by molar-refractivity contribution is 5.85. The zero-order chi connectivity index (χ0) is 24.8. The number of hydrogen-bond acceptors (Lipinski definition) is 9. The Labute approximate surface area is 212 Å². The third-order valence-corrected chi connectivity index (χ3v) is 7.78. The van der Waals surface area contributed by atoms with Gasteiger partial charge in [-0.05, 0) is 74.7 Å². The number of nitrogens with zero attached hydrogens (tertiary/aromatic N) is 10. The largest absolute Gasteiger partial charge is 0.370 e. The van der Waals surface area contributed by atoms with Gasteiger partial charge in [-0.15, -0.1) is 10.2 Å². The van der Waals surface area contributed by atoms with Crippen LogP contribution in [-0.4, -0.2) is 94.9 Å². The normalized spacial score (nSPS) is 23.6. The highest BCUT2D eigenvalue weighted by atomic mass is 16.5. The highest BCUT2D eigenvalue weighted by Gasteiger charge is 2.39. The molecule has 4 aromatic rings. The van der Waals surface area contributed by atoms with Gasteiger partial charge in [0.05, 0.1) is 36.0 Å². The summed E-state index contributed by atoms with van der Waals surface area (Å²) in [6, 6.07) is 14.5. The van der Waals surface area contributed by atoms with Gasteiger partial charge in [-0.3, -0.25) is 9.69 Å². The Kier molecular flexibility index (Phi) is 5.47. The molecule has 4 heterocycles. The lowest BCUT2D eigenvalue weighted by Gasteiger charge is -2.46. The Balaban J connectivity index is 1.01. The Morgan fingerprint density at radius 1 is 0.919 bits per heavy atom. The Bertz CT molecular complexity index is 1410. The number of ether oxygens (including phenoxy) is 1. The Morgan fingerprint density at radius 3 is 2.51 bits per heavy atom. The molecule has 3 aliphatic rings. The minimum absolute atomic E-state index is 0.0222. The number of carbonyl (C=O) groups excluding carboxylic acids is 1. The third-order valence-electron chi connectivity index (χ3n) is 7.78. The fourth-order valence-corrected chi connectivity index (χ4v) is 5.84. The van der Waals surface area contributed by atoms with Crippen molar-refractivity contribution in [2.45, 2.75) is 30.9 Å². The summed E-state index contributed by atoms with van der Waals surface area (Å²) in [5.41, 5.74) is 5.27. The Morgan fingerprint density at radius 2 is 1.73 bits per heavy atom. The second-order valence-corrected chi connectivity index (χ2v) is 9.83. The topological polar surface area (TPSA) is 120 Å². The van der Waals surface area contributed by atoms with E-state index in [0.717, 1.165) is 55.0 Å². The molecule has 2 aromatic heterocycles. The van der Waals surface area contributed by atoms with E-state index in [1.807, 2.05) is 23.1 Å². The van der Waals surface area contributed by atoms with Crippen molar-refractivity contribution < 1.29 is 9.53 Å². The van der Waals surface area contributed by atoms with Crippen molar-refractivity contribution >= 4 is 5.91 Å². The quantitative estimate of drug-likeness (QED) is 0.405. The van der Waals surface area contributed by atoms with E-state index in [1.54, 1.807) is 22.0 Å². The van der Waals surface area contributed by atoms with Crippen molar-refractivity contribution in [3.8, 4) is 11.4 Å². The summed E-state index contributed by atoms with van der Waals surface area (Å²) in [6.07, 6.45) is 4.88. The van der Waals surface area contributed by atoms with E-state index < -0.39 is 0 Å². The van der Waals surface area contributed by atoms with Gasteiger partial charge < -0.3 is 9.64 Å². The van der Waals surface area contributed by atoms with E-state index in [4.69, 9.17) is 4.74 Å². The molecule has 3 unspecified atom stereocenters. The van der Waals surface area contributed by atoms with Crippen LogP contribution in [-0.2, 0) is 16.0 Å². The summed E-state index contributed by atoms with van der Waals surface area (Å²) in [5, 5.41) is 22.8. The van der Waals surface area contributed by atoms with Gasteiger partial charge in [0.2, 0.25) is 5.91 Å². The van der Waals surface area contributed by atoms with Crippen LogP contribution in [0.4, 0.5) is 0 Å². The number of aryl methyl sites for hydroxylation is 1. The molecule has 0 N–H and O–H groups in total. The summed E-state index contributed by atoms with van der Waals surface area (Å²) in [4.78, 5) is 18.1. The van der Waals surface area contributed by atoms with E-state index in [9.17, 15) is 4.79 Å². The number of carbonyl (C=O) groups is 1. The van der Waals surface area contributed by atoms with Crippen LogP contribution in [0.25, 0.3) is 11.4 Å². The molecule has 37 heavy (non-hydrogen) atoms. The minimum Gasteiger partial charge on any atom is -0.370 e. The number of aromatic nitrogens is 8. The lowest BCUT2D eigenvalue weighted by molar-refractivity contribution is -0.141. The lowest BCUT2D eigenvalue weighted by Crippen LogP contribution is -2.60. The van der Waals surface area contributed by atoms with Crippen LogP contribution in [0.3, 0.4) is 0 Å². The molecule has 2 fully saturated rings. The molecular weight excluding hydrogens is 472 g/mol. The first-order chi connectivity index (χ1) is 18.2. The van der Waals surface area contributed by atoms with Gasteiger partial charge in [-0.2, -0.15) is 0 Å². The van der Waals surface area contributed by atoms with E-state index in [1.165, 1.54) is 5.56 Å². The minimum atomic E-state index is -0.0873. The molecular formula is C25H26N10O2. The van der Waals surface area contributed by atoms with Gasteiger partial charge in [-0.25, -0.2) is 9.36 Å². The third kappa shape index (κ3) is 4.07. The first kappa shape index (κ1) is 22.2. The summed E-state index contributed by atoms with van der Waals surface area (Å²) < 4.78 is 9.60. The average Bonchev–Trinajstić information content (AvgIpc) is 3.74. The number of fused-ring (bicyclic) bond motifs is 2. The SMILES string of the molecule is O=C(C1CCc2cc(-n3cnnn3)ccc21)N1CCN2CC(c3cccc(-n4cnnn4)c3)OCC2C1. The van der Waals surface area contributed by atoms with Gasteiger partial charge >= 0.3 is 0 Å². The summed E-state index contributed by atoms with van der Waals surface area (Å²) in [5.74, 6) is 0.139. The maximum atomic E-state index is 13.6. The van der Waals surface area contributed by atoms with Crippen molar-refractivity contribution in [2.24, 2.45) is 0 Å². The van der Waals surface area contributed by atoms with E-state index in [-0.39, 0.29) is 24.0 Å². The number of piperazine rings is 1. The molecule has 0 radical (unpaired) electrons. The van der Waals surface area contributed by atoms with Gasteiger partial charge in [0.25, 0.3) is 0 Å². The molecule has 1 aliphatic carbocycles. The molecule has 12 heteroatoms. The molecule has 1 amide bonds. The standard InChI is InChI=1S/C25H26N10O2/c36-25(23-6-4-17-10-20(5-7-22(17)23)35-16-27-29-31-35)33-9-8-32-13-24(37-14-21(32)12-33)18-2-1-3-19(11-18)34-15-26-28-30-34/h1-3,5,7,10-11,15-16,21,23-24H,4,6,8-9,12-14H2. The highest BCUT2D eigenvalue weighted by Crippen LogP contribution is 2.36. The van der Waals surface area contributed by atoms with Crippen LogP contribution in [0, 0.1) is 0 Å². The monoisotopic (exact) mass is 498 g/mol. The number of hydrogen-bond donors (Lipinski definition) is 0. The smallest absolute Gasteiger partial charge is 0.230 e. The number of morpholine rings is 1. The Hall–Kier alpha value is -4.03. The van der Waals surface area contributed by atoms with Gasteiger partial charge in [-0.1, -0.05) is 18.2 Å². The van der Waals surface area contributed by atoms with Gasteiger partial charge in [0.1, 0.15) is 12.7 Å². The fourth-order valence-electron chi connectivity index (χ4n) is 5.84. The van der Waals surface area contributed by atoms with Gasteiger partial charge in [0.15, 0.2) is 0 Å². The fraction of sp³-hybridized carbons (Fsp3) is 0.400. The molecule has 12 nitrogen and oxygen atoms in total. The van der Waals surface area contributed by atoms with Crippen LogP contribution in [0.15, 0.2) is 55.1 Å². The zero-order valence-electron chi connectivity index (χ0n) is 20.2. The molecule has 2 saturated heterocycles. The summed E-state index contributed by atoms with van der Waals surface area (Å²) in [7, 11) is 0. The van der Waals surface area contributed by atoms with E-state index in [0.29, 0.717) is 13.2 Å². The lowest BCUT2D eigenvalue weighted by atomic mass is 9.98. The summed E-state index contributed by atoms with van der Waals surface area (Å²) >= 11 is 0. The van der Waals surface area contributed by atoms with Crippen LogP contribution < -0.4 is 0 Å². The second-order valence-electron chi connectivity index (χ2n) is 9.83. The number of benzene rings is 2. The molecule has 3 atom stereocenters. The molecule has 2 aromatic carbocycles. The number of amides is 1. The average molecular weight is 499 g/mol. The maximum Gasteiger partial charge on any atom is 0.230 e. The first-order valence-electron chi connectivity index (χ1n) is 12.6. The molecule has 188 valence electrons. The van der Waals surface area contributed by atoms with Crippen LogP contribution in [0.5, 0.6) is 0 Å². The maximum absolute atomic E-state index is 13.6. The summed E-state index contributed by atoms with van der Waals surface area (Å²) in [6.45, 7) is 3.69. The number of tetrazole rings is 2. The second kappa shape index (κ2) is 9.12. The van der Waals surface area contributed by atoms with Crippen molar-refractivity contribution in [1.29, 1.82) is 0 Å². The predicted molar refractivity (Wildman–Crippen MR) is 130 cm³/mol. The van der Waals surface area contributed by atoms with Gasteiger partial charge in [0, 0.05) is 26.2 Å². The van der Waals surface area contributed by atoms with Crippen molar-refractivity contribution in [3.63, 3.8) is 0 Å². The van der Waals surface area contributed by atoms with Crippen molar-refractivity contribution in [3.05, 3.63) is 71.8 Å². The molecule has 7 rings (SSSR count). The van der Waals surface area contributed by atoms with Crippen LogP contribution in [0.2, 0.25) is 0 Å². The molecule has 0 saturated carbocycles. The number of rotatable bonds is 4. The predicted octanol–water partition coefficient (Wildman–Crippen LogP) is 0.952. The van der Waals surface area contributed by atoms with Crippen LogP contribution in [0.1, 0.15) is 35.1 Å². The molecule has 0 spiro atoms. The molecule has 2 aliphatic heterocycles. The van der Waals surface area contributed by atoms with Crippen molar-refractivity contribution in [2.75, 3.05) is 32.8 Å². The van der Waals surface area contributed by atoms with E-state index >= 15 is 0 Å². The first-order valence-corrected chi connectivity index (χ1v) is 12.6. The van der Waals surface area contributed by atoms with E-state index in [2.05, 4.69) is 60.2 Å². The van der Waals surface area contributed by atoms with Crippen LogP contribution >= 0.6 is 0 Å². The van der Waals surface area contributed by atoms with Crippen molar-refractivity contribution in [1.82, 2.24) is 50.2 Å².